The molecule has 0 aromatic heterocycles. The molecule has 0 fully saturated rings. The minimum absolute atomic E-state index is 0.0297. The largest absolute Gasteiger partial charge is 0.493 e. The van der Waals surface area contributed by atoms with Gasteiger partial charge in [-0.25, -0.2) is 4.39 Å². The molecule has 9 nitrogen and oxygen atoms in total. The number of ether oxygens (including phenoxy) is 2. The number of carbonyl (C=O) groups excluding carboxylic acids is 2. The van der Waals surface area contributed by atoms with Gasteiger partial charge < -0.3 is 25.4 Å². The predicted molar refractivity (Wildman–Crippen MR) is 129 cm³/mol. The second-order valence-corrected chi connectivity index (χ2v) is 7.69. The van der Waals surface area contributed by atoms with Gasteiger partial charge in [0, 0.05) is 24.7 Å². The van der Waals surface area contributed by atoms with Crippen molar-refractivity contribution in [3.8, 4) is 11.5 Å². The highest BCUT2D eigenvalue weighted by Crippen LogP contribution is 2.31. The van der Waals surface area contributed by atoms with Gasteiger partial charge in [-0.1, -0.05) is 13.8 Å². The fourth-order valence-corrected chi connectivity index (χ4v) is 3.60. The van der Waals surface area contributed by atoms with E-state index in [-0.39, 0.29) is 12.1 Å². The molecular formula is C24H30FN5O4. The summed E-state index contributed by atoms with van der Waals surface area (Å²) in [5, 5.41) is 8.41. The SMILES string of the molecule is CCN(CC)CCOc1cc(NC(=O)C2=NN(c3ccc(F)cc3)C(C(N)=O)C2)ccc1OC. The number of nitrogens with one attached hydrogen (secondary N) is 1. The van der Waals surface area contributed by atoms with Crippen LogP contribution in [0.3, 0.4) is 0 Å². The van der Waals surface area contributed by atoms with Crippen molar-refractivity contribution in [3.05, 3.63) is 48.3 Å². The molecule has 1 heterocycles. The van der Waals surface area contributed by atoms with E-state index in [1.165, 1.54) is 29.3 Å². The third-order valence-electron chi connectivity index (χ3n) is 5.57. The summed E-state index contributed by atoms with van der Waals surface area (Å²) in [5.41, 5.74) is 6.60. The number of carbonyl (C=O) groups is 2. The molecule has 3 N–H and O–H groups in total. The van der Waals surface area contributed by atoms with E-state index in [1.807, 2.05) is 0 Å². The van der Waals surface area contributed by atoms with Crippen molar-refractivity contribution in [2.45, 2.75) is 26.3 Å². The van der Waals surface area contributed by atoms with Gasteiger partial charge >= 0.3 is 0 Å². The van der Waals surface area contributed by atoms with Crippen molar-refractivity contribution in [1.29, 1.82) is 0 Å². The van der Waals surface area contributed by atoms with Crippen LogP contribution in [0.4, 0.5) is 15.8 Å². The molecule has 1 unspecified atom stereocenters. The number of hydrogen-bond acceptors (Lipinski definition) is 7. The van der Waals surface area contributed by atoms with Crippen LogP contribution in [0.2, 0.25) is 0 Å². The van der Waals surface area contributed by atoms with Crippen molar-refractivity contribution in [3.63, 3.8) is 0 Å². The van der Waals surface area contributed by atoms with E-state index in [4.69, 9.17) is 15.2 Å². The van der Waals surface area contributed by atoms with Gasteiger partial charge in [0.25, 0.3) is 5.91 Å². The zero-order chi connectivity index (χ0) is 24.7. The van der Waals surface area contributed by atoms with Crippen LogP contribution in [0.25, 0.3) is 0 Å². The Balaban J connectivity index is 1.73. The summed E-state index contributed by atoms with van der Waals surface area (Å²) >= 11 is 0. The highest BCUT2D eigenvalue weighted by molar-refractivity contribution is 6.44. The second kappa shape index (κ2) is 11.5. The number of amides is 2. The smallest absolute Gasteiger partial charge is 0.271 e. The quantitative estimate of drug-likeness (QED) is 0.521. The molecule has 34 heavy (non-hydrogen) atoms. The van der Waals surface area contributed by atoms with Crippen molar-refractivity contribution in [2.75, 3.05) is 43.7 Å². The Morgan fingerprint density at radius 3 is 2.50 bits per heavy atom. The van der Waals surface area contributed by atoms with Crippen LogP contribution in [0.1, 0.15) is 20.3 Å². The van der Waals surface area contributed by atoms with E-state index in [1.54, 1.807) is 25.3 Å². The van der Waals surface area contributed by atoms with Gasteiger partial charge in [-0.3, -0.25) is 14.6 Å². The lowest BCUT2D eigenvalue weighted by atomic mass is 10.1. The third kappa shape index (κ3) is 6.02. The summed E-state index contributed by atoms with van der Waals surface area (Å²) in [6, 6.07) is 9.67. The minimum atomic E-state index is -0.846. The molecule has 2 aromatic rings. The Kier molecular flexibility index (Phi) is 8.42. The lowest BCUT2D eigenvalue weighted by molar-refractivity contribution is -0.119. The average Bonchev–Trinajstić information content (AvgIpc) is 3.29. The summed E-state index contributed by atoms with van der Waals surface area (Å²) in [6.45, 7) is 7.26. The fourth-order valence-electron chi connectivity index (χ4n) is 3.60. The Labute approximate surface area is 198 Å². The molecule has 0 spiro atoms. The van der Waals surface area contributed by atoms with Crippen molar-refractivity contribution < 1.29 is 23.5 Å². The maximum atomic E-state index is 13.3. The molecule has 0 bridgehead atoms. The monoisotopic (exact) mass is 471 g/mol. The van der Waals surface area contributed by atoms with Gasteiger partial charge in [0.05, 0.1) is 12.8 Å². The van der Waals surface area contributed by atoms with Gasteiger partial charge in [-0.15, -0.1) is 0 Å². The van der Waals surface area contributed by atoms with Crippen LogP contribution < -0.4 is 25.5 Å². The molecule has 1 aliphatic rings. The Bertz CT molecular complexity index is 1040. The molecule has 1 atom stereocenters. The molecule has 182 valence electrons. The first kappa shape index (κ1) is 25.0. The second-order valence-electron chi connectivity index (χ2n) is 7.69. The van der Waals surface area contributed by atoms with Gasteiger partial charge in [0.15, 0.2) is 11.5 Å². The summed E-state index contributed by atoms with van der Waals surface area (Å²) in [7, 11) is 1.55. The maximum Gasteiger partial charge on any atom is 0.271 e. The molecule has 2 aromatic carbocycles. The third-order valence-corrected chi connectivity index (χ3v) is 5.57. The lowest BCUT2D eigenvalue weighted by Crippen LogP contribution is -2.39. The predicted octanol–water partition coefficient (Wildman–Crippen LogP) is 2.61. The first-order valence-corrected chi connectivity index (χ1v) is 11.1. The van der Waals surface area contributed by atoms with Crippen LogP contribution in [0, 0.1) is 5.82 Å². The molecule has 2 amide bonds. The first-order chi connectivity index (χ1) is 16.4. The van der Waals surface area contributed by atoms with Crippen LogP contribution >= 0.6 is 0 Å². The van der Waals surface area contributed by atoms with E-state index in [0.29, 0.717) is 29.5 Å². The standard InChI is InChI=1S/C24H30FN5O4/c1-4-29(5-2)12-13-34-22-14-17(8-11-21(22)33-3)27-24(32)19-15-20(23(26)31)30(28-19)18-9-6-16(25)7-10-18/h6-11,14,20H,4-5,12-13,15H2,1-3H3,(H2,26,31)(H,27,32). The number of nitrogens with zero attached hydrogens (tertiary/aromatic N) is 3. The molecule has 0 saturated carbocycles. The van der Waals surface area contributed by atoms with Crippen LogP contribution in [-0.2, 0) is 9.59 Å². The number of halogens is 1. The molecule has 10 heteroatoms. The molecule has 0 radical (unpaired) electrons. The molecular weight excluding hydrogens is 441 g/mol. The average molecular weight is 472 g/mol. The highest BCUT2D eigenvalue weighted by Gasteiger charge is 2.35. The number of primary amides is 1. The number of nitrogens with two attached hydrogens (primary N) is 1. The van der Waals surface area contributed by atoms with Crippen LogP contribution in [0.15, 0.2) is 47.6 Å². The maximum absolute atomic E-state index is 13.3. The molecule has 0 saturated heterocycles. The van der Waals surface area contributed by atoms with E-state index in [2.05, 4.69) is 29.2 Å². The van der Waals surface area contributed by atoms with Crippen LogP contribution in [-0.4, -0.2) is 61.8 Å². The number of benzene rings is 2. The normalized spacial score (nSPS) is 15.3. The van der Waals surface area contributed by atoms with Crippen LogP contribution in [0.5, 0.6) is 11.5 Å². The number of likely N-dealkylation sites (N-methyl/N-ethyl adjacent to an activating group) is 1. The van der Waals surface area contributed by atoms with E-state index in [0.717, 1.165) is 19.6 Å². The van der Waals surface area contributed by atoms with Gasteiger partial charge in [0.2, 0.25) is 5.91 Å². The Morgan fingerprint density at radius 2 is 1.88 bits per heavy atom. The van der Waals surface area contributed by atoms with Crippen molar-refractivity contribution in [1.82, 2.24) is 4.90 Å². The summed E-state index contributed by atoms with van der Waals surface area (Å²) in [5.74, 6) is -0.481. The Hall–Kier alpha value is -3.66. The Morgan fingerprint density at radius 1 is 1.18 bits per heavy atom. The zero-order valence-corrected chi connectivity index (χ0v) is 19.6. The number of rotatable bonds is 11. The van der Waals surface area contributed by atoms with Crippen molar-refractivity contribution >= 4 is 28.9 Å². The molecule has 0 aliphatic carbocycles. The zero-order valence-electron chi connectivity index (χ0n) is 19.6. The molecule has 1 aliphatic heterocycles. The van der Waals surface area contributed by atoms with Gasteiger partial charge in [-0.2, -0.15) is 5.10 Å². The fraction of sp³-hybridized carbons (Fsp3) is 0.375. The number of hydrazone groups is 1. The number of hydrogen-bond donors (Lipinski definition) is 2. The van der Waals surface area contributed by atoms with E-state index in [9.17, 15) is 14.0 Å². The van der Waals surface area contributed by atoms with E-state index >= 15 is 0 Å². The summed E-state index contributed by atoms with van der Waals surface area (Å²) < 4.78 is 24.5. The van der Waals surface area contributed by atoms with E-state index < -0.39 is 23.7 Å². The van der Waals surface area contributed by atoms with Gasteiger partial charge in [0.1, 0.15) is 24.2 Å². The highest BCUT2D eigenvalue weighted by atomic mass is 19.1. The first-order valence-electron chi connectivity index (χ1n) is 11.1. The minimum Gasteiger partial charge on any atom is -0.493 e. The topological polar surface area (TPSA) is 109 Å². The number of methoxy groups -OCH3 is 1. The van der Waals surface area contributed by atoms with Crippen molar-refractivity contribution in [2.24, 2.45) is 10.8 Å². The number of anilines is 2. The lowest BCUT2D eigenvalue weighted by Gasteiger charge is -2.20. The van der Waals surface area contributed by atoms with Gasteiger partial charge in [-0.05, 0) is 49.5 Å². The summed E-state index contributed by atoms with van der Waals surface area (Å²) in [4.78, 5) is 27.1. The molecule has 3 rings (SSSR count). The summed E-state index contributed by atoms with van der Waals surface area (Å²) in [6.07, 6.45) is 0.0297.